The average molecular weight is 280 g/mol. The lowest BCUT2D eigenvalue weighted by Crippen LogP contribution is -2.46. The van der Waals surface area contributed by atoms with E-state index in [9.17, 15) is 5.11 Å². The molecule has 20 heavy (non-hydrogen) atoms. The van der Waals surface area contributed by atoms with E-state index in [1.165, 1.54) is 0 Å². The first-order valence-electron chi connectivity index (χ1n) is 7.05. The summed E-state index contributed by atoms with van der Waals surface area (Å²) in [6.45, 7) is 5.79. The second kappa shape index (κ2) is 5.93. The molecule has 2 rings (SSSR count). The molecule has 0 bridgehead atoms. The monoisotopic (exact) mass is 280 g/mol. The van der Waals surface area contributed by atoms with E-state index in [2.05, 4.69) is 9.97 Å². The number of nitrogens with zero attached hydrogens (tertiary/aromatic N) is 3. The van der Waals surface area contributed by atoms with Crippen molar-refractivity contribution in [2.75, 3.05) is 37.4 Å². The van der Waals surface area contributed by atoms with Crippen LogP contribution in [0.5, 0.6) is 0 Å². The van der Waals surface area contributed by atoms with Crippen LogP contribution < -0.4 is 10.6 Å². The number of aromatic nitrogens is 2. The van der Waals surface area contributed by atoms with Crippen molar-refractivity contribution in [2.24, 2.45) is 0 Å². The third-order valence-electron chi connectivity index (χ3n) is 3.61. The molecule has 2 heterocycles. The largest absolute Gasteiger partial charge is 0.388 e. The van der Waals surface area contributed by atoms with Crippen LogP contribution in [0.15, 0.2) is 6.07 Å². The molecule has 0 radical (unpaired) electrons. The molecule has 1 aliphatic rings. The van der Waals surface area contributed by atoms with E-state index >= 15 is 0 Å². The third kappa shape index (κ3) is 3.58. The third-order valence-corrected chi connectivity index (χ3v) is 3.61. The van der Waals surface area contributed by atoms with E-state index in [0.717, 1.165) is 11.6 Å². The van der Waals surface area contributed by atoms with Gasteiger partial charge >= 0.3 is 0 Å². The Morgan fingerprint density at radius 1 is 1.40 bits per heavy atom. The standard InChI is InChI=1S/C14H24N4O2/c1-10(2)13-16-11(15)8-12(17-13)18(3)9-14(19)4-6-20-7-5-14/h8,10,19H,4-7,9H2,1-3H3,(H2,15,16,17). The molecule has 1 aromatic heterocycles. The summed E-state index contributed by atoms with van der Waals surface area (Å²) in [5.41, 5.74) is 5.12. The minimum atomic E-state index is -0.718. The summed E-state index contributed by atoms with van der Waals surface area (Å²) in [6.07, 6.45) is 1.30. The first-order chi connectivity index (χ1) is 9.39. The molecule has 1 saturated heterocycles. The van der Waals surface area contributed by atoms with E-state index in [4.69, 9.17) is 10.5 Å². The number of anilines is 2. The molecule has 0 spiro atoms. The van der Waals surface area contributed by atoms with Crippen molar-refractivity contribution < 1.29 is 9.84 Å². The van der Waals surface area contributed by atoms with Gasteiger partial charge in [-0.3, -0.25) is 0 Å². The summed E-state index contributed by atoms with van der Waals surface area (Å²) in [4.78, 5) is 10.7. The molecule has 1 fully saturated rings. The van der Waals surface area contributed by atoms with Crippen LogP contribution >= 0.6 is 0 Å². The maximum atomic E-state index is 10.6. The number of nitrogen functional groups attached to an aromatic ring is 1. The normalized spacial score (nSPS) is 18.2. The summed E-state index contributed by atoms with van der Waals surface area (Å²) in [6, 6.07) is 1.74. The van der Waals surface area contributed by atoms with Crippen LogP contribution in [0.3, 0.4) is 0 Å². The Labute approximate surface area is 120 Å². The van der Waals surface area contributed by atoms with Crippen molar-refractivity contribution in [3.8, 4) is 0 Å². The highest BCUT2D eigenvalue weighted by Crippen LogP contribution is 2.24. The smallest absolute Gasteiger partial charge is 0.135 e. The van der Waals surface area contributed by atoms with E-state index in [1.807, 2.05) is 25.8 Å². The summed E-state index contributed by atoms with van der Waals surface area (Å²) in [5, 5.41) is 10.6. The van der Waals surface area contributed by atoms with Gasteiger partial charge in [-0.25, -0.2) is 9.97 Å². The summed E-state index contributed by atoms with van der Waals surface area (Å²) in [5.74, 6) is 2.16. The fourth-order valence-corrected chi connectivity index (χ4v) is 2.36. The van der Waals surface area contributed by atoms with Gasteiger partial charge in [-0.15, -0.1) is 0 Å². The zero-order valence-electron chi connectivity index (χ0n) is 12.5. The highest BCUT2D eigenvalue weighted by molar-refractivity contribution is 5.47. The molecule has 0 atom stereocenters. The fraction of sp³-hybridized carbons (Fsp3) is 0.714. The summed E-state index contributed by atoms with van der Waals surface area (Å²) in [7, 11) is 1.92. The van der Waals surface area contributed by atoms with Crippen molar-refractivity contribution in [2.45, 2.75) is 38.2 Å². The highest BCUT2D eigenvalue weighted by atomic mass is 16.5. The zero-order chi connectivity index (χ0) is 14.8. The maximum Gasteiger partial charge on any atom is 0.135 e. The second-order valence-electron chi connectivity index (χ2n) is 5.86. The predicted molar refractivity (Wildman–Crippen MR) is 78.8 cm³/mol. The molecule has 0 aliphatic carbocycles. The predicted octanol–water partition coefficient (Wildman–Crippen LogP) is 1.16. The topological polar surface area (TPSA) is 84.5 Å². The molecule has 0 aromatic carbocycles. The number of rotatable bonds is 4. The van der Waals surface area contributed by atoms with Gasteiger partial charge in [0, 0.05) is 51.6 Å². The van der Waals surface area contributed by atoms with Crippen LogP contribution in [0.2, 0.25) is 0 Å². The summed E-state index contributed by atoms with van der Waals surface area (Å²) >= 11 is 0. The Kier molecular flexibility index (Phi) is 4.45. The maximum absolute atomic E-state index is 10.6. The molecule has 0 saturated carbocycles. The van der Waals surface area contributed by atoms with Gasteiger partial charge in [0.25, 0.3) is 0 Å². The fourth-order valence-electron chi connectivity index (χ4n) is 2.36. The van der Waals surface area contributed by atoms with Crippen LogP contribution in [0, 0.1) is 0 Å². The molecule has 1 aromatic rings. The molecule has 0 amide bonds. The van der Waals surface area contributed by atoms with Gasteiger partial charge in [0.15, 0.2) is 0 Å². The van der Waals surface area contributed by atoms with Crippen LogP contribution in [0.1, 0.15) is 38.4 Å². The van der Waals surface area contributed by atoms with Gasteiger partial charge in [-0.05, 0) is 0 Å². The quantitative estimate of drug-likeness (QED) is 0.861. The van der Waals surface area contributed by atoms with Crippen LogP contribution in [0.4, 0.5) is 11.6 Å². The lowest BCUT2D eigenvalue weighted by atomic mass is 9.94. The highest BCUT2D eigenvalue weighted by Gasteiger charge is 2.31. The van der Waals surface area contributed by atoms with Crippen molar-refractivity contribution >= 4 is 11.6 Å². The van der Waals surface area contributed by atoms with Crippen molar-refractivity contribution in [1.29, 1.82) is 0 Å². The van der Waals surface area contributed by atoms with Gasteiger partial charge in [0.1, 0.15) is 17.5 Å². The number of hydrogen-bond donors (Lipinski definition) is 2. The Morgan fingerprint density at radius 2 is 2.05 bits per heavy atom. The minimum absolute atomic E-state index is 0.219. The van der Waals surface area contributed by atoms with E-state index in [1.54, 1.807) is 6.07 Å². The summed E-state index contributed by atoms with van der Waals surface area (Å²) < 4.78 is 5.30. The van der Waals surface area contributed by atoms with E-state index < -0.39 is 5.60 Å². The molecular formula is C14H24N4O2. The Hall–Kier alpha value is -1.40. The van der Waals surface area contributed by atoms with Gasteiger partial charge in [0.2, 0.25) is 0 Å². The minimum Gasteiger partial charge on any atom is -0.388 e. The lowest BCUT2D eigenvalue weighted by molar-refractivity contribution is -0.0573. The molecular weight excluding hydrogens is 256 g/mol. The number of nitrogens with two attached hydrogens (primary N) is 1. The van der Waals surface area contributed by atoms with Crippen LogP contribution in [-0.4, -0.2) is 47.5 Å². The van der Waals surface area contributed by atoms with Crippen molar-refractivity contribution in [1.82, 2.24) is 9.97 Å². The van der Waals surface area contributed by atoms with Gasteiger partial charge in [0.05, 0.1) is 5.60 Å². The van der Waals surface area contributed by atoms with Crippen LogP contribution in [-0.2, 0) is 4.74 Å². The molecule has 0 unspecified atom stereocenters. The number of hydrogen-bond acceptors (Lipinski definition) is 6. The van der Waals surface area contributed by atoms with Crippen molar-refractivity contribution in [3.63, 3.8) is 0 Å². The van der Waals surface area contributed by atoms with E-state index in [0.29, 0.717) is 38.4 Å². The molecule has 112 valence electrons. The molecule has 6 heteroatoms. The Morgan fingerprint density at radius 3 is 2.65 bits per heavy atom. The molecule has 3 N–H and O–H groups in total. The van der Waals surface area contributed by atoms with Crippen LogP contribution in [0.25, 0.3) is 0 Å². The number of ether oxygens (including phenoxy) is 1. The second-order valence-corrected chi connectivity index (χ2v) is 5.86. The van der Waals surface area contributed by atoms with Gasteiger partial charge in [-0.2, -0.15) is 0 Å². The van der Waals surface area contributed by atoms with E-state index in [-0.39, 0.29) is 5.92 Å². The first-order valence-corrected chi connectivity index (χ1v) is 7.05. The first kappa shape index (κ1) is 15.0. The number of likely N-dealkylation sites (N-methyl/N-ethyl adjacent to an activating group) is 1. The van der Waals surface area contributed by atoms with Crippen molar-refractivity contribution in [3.05, 3.63) is 11.9 Å². The molecule has 6 nitrogen and oxygen atoms in total. The Balaban J connectivity index is 2.14. The SMILES string of the molecule is CC(C)c1nc(N)cc(N(C)CC2(O)CCOCC2)n1. The average Bonchev–Trinajstić information content (AvgIpc) is 2.38. The lowest BCUT2D eigenvalue weighted by Gasteiger charge is -2.35. The molecule has 1 aliphatic heterocycles. The number of aliphatic hydroxyl groups is 1. The zero-order valence-corrected chi connectivity index (χ0v) is 12.5. The van der Waals surface area contributed by atoms with Gasteiger partial charge < -0.3 is 20.5 Å². The Bertz CT molecular complexity index is 458. The van der Waals surface area contributed by atoms with Gasteiger partial charge in [-0.1, -0.05) is 13.8 Å².